The molecule has 8 aliphatic carbocycles. The van der Waals surface area contributed by atoms with Crippen LogP contribution in [0.15, 0.2) is 0 Å². The molecule has 158 valence electrons. The molecule has 0 aromatic carbocycles. The molecule has 0 saturated heterocycles. The largest absolute Gasteiger partial charge is 0.0625 e. The lowest BCUT2D eigenvalue weighted by atomic mass is 8.95. The van der Waals surface area contributed by atoms with Crippen LogP contribution in [0.3, 0.4) is 0 Å². The van der Waals surface area contributed by atoms with E-state index in [0.29, 0.717) is 43.3 Å². The third kappa shape index (κ3) is 1.02. The van der Waals surface area contributed by atoms with E-state index in [2.05, 4.69) is 83.1 Å². The fourth-order valence-corrected chi connectivity index (χ4v) is 14.7. The van der Waals surface area contributed by atoms with Gasteiger partial charge in [0.1, 0.15) is 0 Å². The molecule has 12 atom stereocenters. The normalized spacial score (nSPS) is 74.1. The molecule has 0 nitrogen and oxygen atoms in total. The first kappa shape index (κ1) is 18.7. The molecular weight excluding hydrogens is 336 g/mol. The Bertz CT molecular complexity index is 820. The average molecular weight is 383 g/mol. The second-order valence-electron chi connectivity index (χ2n) is 15.2. The van der Waals surface area contributed by atoms with Crippen molar-refractivity contribution in [1.82, 2.24) is 0 Å². The van der Waals surface area contributed by atoms with Gasteiger partial charge in [0.2, 0.25) is 0 Å². The van der Waals surface area contributed by atoms with Crippen LogP contribution in [0.2, 0.25) is 0 Å². The van der Waals surface area contributed by atoms with Gasteiger partial charge >= 0.3 is 0 Å². The minimum absolute atomic E-state index is 0.424. The van der Waals surface area contributed by atoms with E-state index in [1.54, 1.807) is 0 Å². The summed E-state index contributed by atoms with van der Waals surface area (Å²) < 4.78 is 0. The fraction of sp³-hybridized carbons (Fsp3) is 1.00. The Kier molecular flexibility index (Phi) is 2.64. The Hall–Kier alpha value is 0. The number of hydrogen-bond acceptors (Lipinski definition) is 0. The highest BCUT2D eigenvalue weighted by molar-refractivity contribution is 5.52. The van der Waals surface area contributed by atoms with E-state index in [1.165, 1.54) is 12.8 Å². The van der Waals surface area contributed by atoms with Gasteiger partial charge in [-0.2, -0.15) is 0 Å². The molecule has 0 heterocycles. The van der Waals surface area contributed by atoms with Gasteiger partial charge in [0.15, 0.2) is 0 Å². The summed E-state index contributed by atoms with van der Waals surface area (Å²) in [5.41, 5.74) is 4.07. The summed E-state index contributed by atoms with van der Waals surface area (Å²) >= 11 is 0. The summed E-state index contributed by atoms with van der Waals surface area (Å²) in [5.74, 6) is 5.63. The molecule has 0 aromatic heterocycles. The fourth-order valence-electron chi connectivity index (χ4n) is 14.7. The summed E-state index contributed by atoms with van der Waals surface area (Å²) in [7, 11) is 0. The van der Waals surface area contributed by atoms with E-state index >= 15 is 0 Å². The zero-order valence-electron chi connectivity index (χ0n) is 20.9. The van der Waals surface area contributed by atoms with Crippen LogP contribution >= 0.6 is 0 Å². The van der Waals surface area contributed by atoms with Crippen molar-refractivity contribution in [2.75, 3.05) is 0 Å². The van der Waals surface area contributed by atoms with Crippen LogP contribution in [0.1, 0.15) is 95.9 Å². The van der Waals surface area contributed by atoms with Gasteiger partial charge in [-0.3, -0.25) is 0 Å². The molecule has 8 aliphatic rings. The van der Waals surface area contributed by atoms with Crippen LogP contribution in [0.4, 0.5) is 0 Å². The van der Waals surface area contributed by atoms with Crippen LogP contribution in [0.5, 0.6) is 0 Å². The summed E-state index contributed by atoms with van der Waals surface area (Å²) in [4.78, 5) is 0. The second-order valence-corrected chi connectivity index (χ2v) is 15.2. The highest BCUT2D eigenvalue weighted by Crippen LogP contribution is 3.10. The van der Waals surface area contributed by atoms with Crippen molar-refractivity contribution < 1.29 is 0 Å². The van der Waals surface area contributed by atoms with Crippen molar-refractivity contribution in [2.45, 2.75) is 95.9 Å². The zero-order valence-corrected chi connectivity index (χ0v) is 20.9. The van der Waals surface area contributed by atoms with Crippen LogP contribution < -0.4 is 0 Å². The smallest absolute Gasteiger partial charge is 0.0141 e. The van der Waals surface area contributed by atoms with Crippen molar-refractivity contribution in [2.24, 2.45) is 78.8 Å². The number of hydrogen-bond donors (Lipinski definition) is 0. The summed E-state index contributed by atoms with van der Waals surface area (Å²) in [5, 5.41) is 0. The van der Waals surface area contributed by atoms with Crippen LogP contribution in [-0.2, 0) is 0 Å². The average Bonchev–Trinajstić information content (AvgIpc) is 2.60. The number of rotatable bonds is 0. The first-order valence-corrected chi connectivity index (χ1v) is 12.5. The lowest BCUT2D eigenvalue weighted by Gasteiger charge is -3.09. The quantitative estimate of drug-likeness (QED) is 0.403. The minimum Gasteiger partial charge on any atom is -0.0625 e. The molecular formula is C28H46. The van der Waals surface area contributed by atoms with Crippen molar-refractivity contribution >= 4 is 0 Å². The maximum Gasteiger partial charge on any atom is -0.0141 e. The van der Waals surface area contributed by atoms with E-state index < -0.39 is 0 Å². The minimum atomic E-state index is 0.424. The monoisotopic (exact) mass is 382 g/mol. The maximum absolute atomic E-state index is 2.78. The van der Waals surface area contributed by atoms with Gasteiger partial charge in [-0.1, -0.05) is 83.1 Å². The predicted octanol–water partition coefficient (Wildman–Crippen LogP) is 7.68. The first-order chi connectivity index (χ1) is 12.5. The van der Waals surface area contributed by atoms with Crippen molar-refractivity contribution in [3.63, 3.8) is 0 Å². The Labute approximate surface area is 175 Å². The van der Waals surface area contributed by atoms with Crippen LogP contribution in [-0.4, -0.2) is 0 Å². The van der Waals surface area contributed by atoms with Gasteiger partial charge in [0.25, 0.3) is 0 Å². The Balaban J connectivity index is 1.64. The summed E-state index contributed by atoms with van der Waals surface area (Å²) in [6, 6.07) is 0. The molecule has 8 rings (SSSR count). The highest BCUT2D eigenvalue weighted by Gasteiger charge is 3.06. The molecule has 8 bridgehead atoms. The molecule has 0 aromatic rings. The zero-order chi connectivity index (χ0) is 20.9. The van der Waals surface area contributed by atoms with Gasteiger partial charge in [0.05, 0.1) is 0 Å². The molecule has 0 heteroatoms. The van der Waals surface area contributed by atoms with Gasteiger partial charge < -0.3 is 0 Å². The molecule has 8 fully saturated rings. The highest BCUT2D eigenvalue weighted by atomic mass is 15.1. The standard InChI is InChI=1S/C28H46/c1-15-13-17-18-20-23(7)19-16(2)24(8,21(3,4)14-15)26(19,10)28(23,12)27(20,11)25(18,9)22(17,5)6/h15-20H,13-14H2,1-12H3. The molecule has 0 amide bonds. The summed E-state index contributed by atoms with van der Waals surface area (Å²) in [6.07, 6.45) is 2.89. The molecule has 0 N–H and O–H groups in total. The Morgan fingerprint density at radius 1 is 0.643 bits per heavy atom. The molecule has 0 spiro atoms. The van der Waals surface area contributed by atoms with Gasteiger partial charge in [0, 0.05) is 0 Å². The lowest BCUT2D eigenvalue weighted by molar-refractivity contribution is -0.625. The van der Waals surface area contributed by atoms with Gasteiger partial charge in [-0.25, -0.2) is 0 Å². The molecule has 0 aliphatic heterocycles. The molecule has 12 unspecified atom stereocenters. The van der Waals surface area contributed by atoms with Crippen molar-refractivity contribution in [3.8, 4) is 0 Å². The Morgan fingerprint density at radius 3 is 1.75 bits per heavy atom. The maximum atomic E-state index is 2.78. The predicted molar refractivity (Wildman–Crippen MR) is 118 cm³/mol. The Morgan fingerprint density at radius 2 is 1.18 bits per heavy atom. The van der Waals surface area contributed by atoms with Crippen LogP contribution in [0.25, 0.3) is 0 Å². The molecule has 8 saturated carbocycles. The van der Waals surface area contributed by atoms with Crippen molar-refractivity contribution in [1.29, 1.82) is 0 Å². The van der Waals surface area contributed by atoms with Gasteiger partial charge in [-0.15, -0.1) is 0 Å². The summed E-state index contributed by atoms with van der Waals surface area (Å²) in [6.45, 7) is 32.4. The van der Waals surface area contributed by atoms with E-state index in [0.717, 1.165) is 35.5 Å². The third-order valence-electron chi connectivity index (χ3n) is 15.9. The first-order valence-electron chi connectivity index (χ1n) is 12.5. The molecule has 28 heavy (non-hydrogen) atoms. The van der Waals surface area contributed by atoms with E-state index in [9.17, 15) is 0 Å². The third-order valence-corrected chi connectivity index (χ3v) is 15.9. The van der Waals surface area contributed by atoms with Gasteiger partial charge in [-0.05, 0) is 91.7 Å². The van der Waals surface area contributed by atoms with Crippen molar-refractivity contribution in [3.05, 3.63) is 0 Å². The SMILES string of the molecule is CC1CC2C3C4C5(C)C6C(C)C(C)(C(C)(C)C1)C6(C)C5(C)C4(C)C3(C)C2(C)C. The van der Waals surface area contributed by atoms with E-state index in [4.69, 9.17) is 0 Å². The lowest BCUT2D eigenvalue weighted by Crippen LogP contribution is -3.05. The van der Waals surface area contributed by atoms with E-state index in [-0.39, 0.29) is 0 Å². The van der Waals surface area contributed by atoms with Crippen LogP contribution in [0, 0.1) is 78.8 Å². The topological polar surface area (TPSA) is 0 Å². The second kappa shape index (κ2) is 3.95. The van der Waals surface area contributed by atoms with E-state index in [1.807, 2.05) is 0 Å². The molecule has 0 radical (unpaired) electrons.